The molecule has 0 aliphatic carbocycles. The molecule has 2 nitrogen and oxygen atoms in total. The highest BCUT2D eigenvalue weighted by molar-refractivity contribution is 9.11. The number of ether oxygens (including phenoxy) is 1. The topological polar surface area (TPSA) is 29.5 Å². The summed E-state index contributed by atoms with van der Waals surface area (Å²) < 4.78 is 5.95. The van der Waals surface area contributed by atoms with E-state index in [1.807, 2.05) is 13.0 Å². The normalized spacial score (nSPS) is 17.2. The Bertz CT molecular complexity index is 153. The first-order chi connectivity index (χ1) is 6.06. The molecule has 0 aliphatic rings. The quantitative estimate of drug-likeness (QED) is 0.786. The number of allylic oxidation sites excluding steroid dienone is 1. The molecule has 2 atom stereocenters. The highest BCUT2D eigenvalue weighted by Crippen LogP contribution is 2.14. The summed E-state index contributed by atoms with van der Waals surface area (Å²) in [5.74, 6) is 0.498. The van der Waals surface area contributed by atoms with Crippen LogP contribution in [-0.2, 0) is 4.74 Å². The van der Waals surface area contributed by atoms with E-state index in [0.29, 0.717) is 5.92 Å². The number of aliphatic hydroxyl groups is 1. The van der Waals surface area contributed by atoms with Crippen molar-refractivity contribution in [1.29, 1.82) is 0 Å². The molecule has 0 aromatic heterocycles. The zero-order valence-corrected chi connectivity index (χ0v) is 10.2. The molecule has 0 unspecified atom stereocenters. The SMILES string of the molecule is COCC[C@@H](C)C[C@@H](O)/C=C(\C)Br. The first-order valence-corrected chi connectivity index (χ1v) is 5.36. The van der Waals surface area contributed by atoms with Crippen molar-refractivity contribution in [2.75, 3.05) is 13.7 Å². The number of methoxy groups -OCH3 is 1. The van der Waals surface area contributed by atoms with Crippen molar-refractivity contribution in [3.8, 4) is 0 Å². The molecular weight excluding hydrogens is 232 g/mol. The van der Waals surface area contributed by atoms with E-state index in [2.05, 4.69) is 22.9 Å². The van der Waals surface area contributed by atoms with Crippen molar-refractivity contribution in [3.63, 3.8) is 0 Å². The van der Waals surface area contributed by atoms with Gasteiger partial charge in [0, 0.05) is 13.7 Å². The van der Waals surface area contributed by atoms with E-state index in [9.17, 15) is 5.11 Å². The van der Waals surface area contributed by atoms with Gasteiger partial charge in [0.05, 0.1) is 6.10 Å². The maximum Gasteiger partial charge on any atom is 0.0734 e. The van der Waals surface area contributed by atoms with Crippen LogP contribution in [0.2, 0.25) is 0 Å². The van der Waals surface area contributed by atoms with Gasteiger partial charge in [0.1, 0.15) is 0 Å². The lowest BCUT2D eigenvalue weighted by atomic mass is 10.0. The Kier molecular flexibility index (Phi) is 7.62. The van der Waals surface area contributed by atoms with Gasteiger partial charge in [0.25, 0.3) is 0 Å². The highest BCUT2D eigenvalue weighted by atomic mass is 79.9. The average molecular weight is 251 g/mol. The number of hydrogen-bond acceptors (Lipinski definition) is 2. The van der Waals surface area contributed by atoms with Gasteiger partial charge in [-0.05, 0) is 36.2 Å². The van der Waals surface area contributed by atoms with Crippen LogP contribution in [-0.4, -0.2) is 24.9 Å². The predicted molar refractivity (Wildman–Crippen MR) is 59.0 cm³/mol. The van der Waals surface area contributed by atoms with Crippen molar-refractivity contribution < 1.29 is 9.84 Å². The van der Waals surface area contributed by atoms with E-state index < -0.39 is 0 Å². The number of rotatable bonds is 6. The van der Waals surface area contributed by atoms with Crippen molar-refractivity contribution in [1.82, 2.24) is 0 Å². The maximum atomic E-state index is 9.54. The van der Waals surface area contributed by atoms with Crippen LogP contribution in [0.15, 0.2) is 10.6 Å². The zero-order chi connectivity index (χ0) is 10.3. The molecule has 0 fully saturated rings. The van der Waals surface area contributed by atoms with Gasteiger partial charge in [0.2, 0.25) is 0 Å². The number of halogens is 1. The molecule has 0 amide bonds. The van der Waals surface area contributed by atoms with Gasteiger partial charge in [-0.25, -0.2) is 0 Å². The van der Waals surface area contributed by atoms with Crippen LogP contribution in [0, 0.1) is 5.92 Å². The lowest BCUT2D eigenvalue weighted by Gasteiger charge is -2.13. The summed E-state index contributed by atoms with van der Waals surface area (Å²) in [5.41, 5.74) is 0. The van der Waals surface area contributed by atoms with E-state index in [1.165, 1.54) is 0 Å². The van der Waals surface area contributed by atoms with Gasteiger partial charge in [-0.15, -0.1) is 0 Å². The van der Waals surface area contributed by atoms with Crippen LogP contribution >= 0.6 is 15.9 Å². The van der Waals surface area contributed by atoms with Crippen LogP contribution in [0.5, 0.6) is 0 Å². The molecule has 3 heteroatoms. The maximum absolute atomic E-state index is 9.54. The van der Waals surface area contributed by atoms with Gasteiger partial charge in [-0.1, -0.05) is 22.9 Å². The summed E-state index contributed by atoms with van der Waals surface area (Å²) in [4.78, 5) is 0. The fraction of sp³-hybridized carbons (Fsp3) is 0.800. The Morgan fingerprint density at radius 3 is 2.69 bits per heavy atom. The van der Waals surface area contributed by atoms with E-state index in [0.717, 1.165) is 23.9 Å². The molecule has 0 bridgehead atoms. The summed E-state index contributed by atoms with van der Waals surface area (Å²) in [6.07, 6.45) is 3.28. The molecular formula is C10H19BrO2. The largest absolute Gasteiger partial charge is 0.389 e. The molecule has 0 aromatic carbocycles. The monoisotopic (exact) mass is 250 g/mol. The third kappa shape index (κ3) is 8.47. The molecule has 0 aromatic rings. The Morgan fingerprint density at radius 2 is 2.23 bits per heavy atom. The summed E-state index contributed by atoms with van der Waals surface area (Å²) in [6.45, 7) is 4.81. The first kappa shape index (κ1) is 13.1. The fourth-order valence-corrected chi connectivity index (χ4v) is 1.49. The summed E-state index contributed by atoms with van der Waals surface area (Å²) >= 11 is 3.29. The minimum atomic E-state index is -0.341. The Hall–Kier alpha value is 0.140. The second-order valence-corrected chi connectivity index (χ2v) is 4.69. The standard InChI is InChI=1S/C10H19BrO2/c1-8(4-5-13-3)6-10(12)7-9(2)11/h7-8,10,12H,4-6H2,1-3H3/b9-7+/t8-,10-/m1/s1. The van der Waals surface area contributed by atoms with E-state index in [-0.39, 0.29) is 6.10 Å². The predicted octanol–water partition coefficient (Wildman–Crippen LogP) is 2.71. The second kappa shape index (κ2) is 7.54. The van der Waals surface area contributed by atoms with E-state index >= 15 is 0 Å². The van der Waals surface area contributed by atoms with Crippen LogP contribution in [0.4, 0.5) is 0 Å². The van der Waals surface area contributed by atoms with Gasteiger partial charge in [-0.3, -0.25) is 0 Å². The lowest BCUT2D eigenvalue weighted by Crippen LogP contribution is -2.10. The minimum absolute atomic E-state index is 0.341. The van der Waals surface area contributed by atoms with E-state index in [4.69, 9.17) is 4.74 Å². The van der Waals surface area contributed by atoms with E-state index in [1.54, 1.807) is 7.11 Å². The van der Waals surface area contributed by atoms with Gasteiger partial charge < -0.3 is 9.84 Å². The minimum Gasteiger partial charge on any atom is -0.389 e. The molecule has 13 heavy (non-hydrogen) atoms. The molecule has 0 saturated heterocycles. The van der Waals surface area contributed by atoms with Crippen molar-refractivity contribution in [3.05, 3.63) is 10.6 Å². The van der Waals surface area contributed by atoms with Gasteiger partial charge in [0.15, 0.2) is 0 Å². The smallest absolute Gasteiger partial charge is 0.0734 e. The number of aliphatic hydroxyl groups excluding tert-OH is 1. The van der Waals surface area contributed by atoms with Crippen molar-refractivity contribution >= 4 is 15.9 Å². The molecule has 0 heterocycles. The third-order valence-electron chi connectivity index (χ3n) is 1.88. The average Bonchev–Trinajstić information content (AvgIpc) is 1.98. The van der Waals surface area contributed by atoms with Crippen LogP contribution < -0.4 is 0 Å². The third-order valence-corrected chi connectivity index (χ3v) is 2.15. The first-order valence-electron chi connectivity index (χ1n) is 4.57. The Balaban J connectivity index is 3.65. The lowest BCUT2D eigenvalue weighted by molar-refractivity contribution is 0.151. The van der Waals surface area contributed by atoms with Gasteiger partial charge in [-0.2, -0.15) is 0 Å². The molecule has 1 N–H and O–H groups in total. The van der Waals surface area contributed by atoms with Crippen LogP contribution in [0.1, 0.15) is 26.7 Å². The van der Waals surface area contributed by atoms with Crippen LogP contribution in [0.25, 0.3) is 0 Å². The summed E-state index contributed by atoms with van der Waals surface area (Å²) in [5, 5.41) is 9.54. The summed E-state index contributed by atoms with van der Waals surface area (Å²) in [7, 11) is 1.70. The van der Waals surface area contributed by atoms with Crippen molar-refractivity contribution in [2.45, 2.75) is 32.8 Å². The Morgan fingerprint density at radius 1 is 1.62 bits per heavy atom. The molecule has 78 valence electrons. The summed E-state index contributed by atoms with van der Waals surface area (Å²) in [6, 6.07) is 0. The highest BCUT2D eigenvalue weighted by Gasteiger charge is 2.07. The molecule has 0 spiro atoms. The molecule has 0 rings (SSSR count). The second-order valence-electron chi connectivity index (χ2n) is 3.44. The molecule has 0 aliphatic heterocycles. The molecule has 0 radical (unpaired) electrons. The van der Waals surface area contributed by atoms with Crippen LogP contribution in [0.3, 0.4) is 0 Å². The van der Waals surface area contributed by atoms with Crippen molar-refractivity contribution in [2.24, 2.45) is 5.92 Å². The van der Waals surface area contributed by atoms with Gasteiger partial charge >= 0.3 is 0 Å². The molecule has 0 saturated carbocycles. The fourth-order valence-electron chi connectivity index (χ4n) is 1.18. The zero-order valence-electron chi connectivity index (χ0n) is 8.59. The Labute approximate surface area is 89.1 Å². The number of hydrogen-bond donors (Lipinski definition) is 1.